The van der Waals surface area contributed by atoms with Crippen LogP contribution in [0.15, 0.2) is 27.4 Å². The number of benzene rings is 1. The normalized spacial score (nSPS) is 17.0. The third kappa shape index (κ3) is 4.15. The highest BCUT2D eigenvalue weighted by Gasteiger charge is 2.26. The molecule has 12 heteroatoms. The first-order valence-corrected chi connectivity index (χ1v) is 12.0. The quantitative estimate of drug-likeness (QED) is 0.674. The van der Waals surface area contributed by atoms with E-state index < -0.39 is 10.0 Å². The van der Waals surface area contributed by atoms with Gasteiger partial charge < -0.3 is 14.5 Å². The molecule has 1 aromatic carbocycles. The van der Waals surface area contributed by atoms with Crippen molar-refractivity contribution in [2.24, 2.45) is 5.14 Å². The highest BCUT2D eigenvalue weighted by Crippen LogP contribution is 2.32. The molecule has 0 spiro atoms. The predicted molar refractivity (Wildman–Crippen MR) is 108 cm³/mol. The van der Waals surface area contributed by atoms with Gasteiger partial charge >= 0.3 is 0 Å². The Morgan fingerprint density at radius 1 is 1.25 bits per heavy atom. The number of aromatic nitrogens is 2. The van der Waals surface area contributed by atoms with Gasteiger partial charge in [-0.2, -0.15) is 0 Å². The molecule has 1 amide bonds. The van der Waals surface area contributed by atoms with Crippen molar-refractivity contribution in [1.29, 1.82) is 0 Å². The summed E-state index contributed by atoms with van der Waals surface area (Å²) in [5, 5.41) is 14.4. The minimum absolute atomic E-state index is 0.0461. The fraction of sp³-hybridized carbons (Fsp3) is 0.438. The fourth-order valence-corrected chi connectivity index (χ4v) is 5.49. The maximum absolute atomic E-state index is 12.7. The lowest BCUT2D eigenvalue weighted by Crippen LogP contribution is -2.36. The number of sulfonamides is 1. The van der Waals surface area contributed by atoms with Crippen LogP contribution < -0.4 is 14.9 Å². The Labute approximate surface area is 170 Å². The van der Waals surface area contributed by atoms with Crippen LogP contribution >= 0.6 is 23.1 Å². The van der Waals surface area contributed by atoms with Crippen molar-refractivity contribution in [1.82, 2.24) is 10.2 Å². The summed E-state index contributed by atoms with van der Waals surface area (Å²) < 4.78 is 29.1. The van der Waals surface area contributed by atoms with Gasteiger partial charge in [0.25, 0.3) is 0 Å². The summed E-state index contributed by atoms with van der Waals surface area (Å²) in [5.41, 5.74) is 1.56. The smallest absolute Gasteiger partial charge is 0.238 e. The molecule has 28 heavy (non-hydrogen) atoms. The van der Waals surface area contributed by atoms with Gasteiger partial charge in [0, 0.05) is 25.3 Å². The van der Waals surface area contributed by atoms with E-state index in [-0.39, 0.29) is 16.6 Å². The van der Waals surface area contributed by atoms with E-state index in [2.05, 4.69) is 15.1 Å². The van der Waals surface area contributed by atoms with Crippen LogP contribution in [0.3, 0.4) is 0 Å². The lowest BCUT2D eigenvalue weighted by Gasteiger charge is -2.25. The van der Waals surface area contributed by atoms with E-state index in [1.165, 1.54) is 29.2 Å². The van der Waals surface area contributed by atoms with E-state index in [0.29, 0.717) is 26.2 Å². The number of hydrogen-bond donors (Lipinski definition) is 1. The van der Waals surface area contributed by atoms with Crippen LogP contribution in [-0.4, -0.2) is 63.1 Å². The Kier molecular flexibility index (Phi) is 5.56. The number of morpholine rings is 1. The molecule has 2 aromatic rings. The number of rotatable bonds is 5. The number of anilines is 2. The number of carbonyl (C=O) groups is 1. The van der Waals surface area contributed by atoms with Crippen LogP contribution in [0, 0.1) is 0 Å². The van der Waals surface area contributed by atoms with E-state index >= 15 is 0 Å². The molecule has 0 radical (unpaired) electrons. The van der Waals surface area contributed by atoms with E-state index in [0.717, 1.165) is 33.8 Å². The highest BCUT2D eigenvalue weighted by molar-refractivity contribution is 8.01. The zero-order chi connectivity index (χ0) is 19.7. The number of nitrogens with zero attached hydrogens (tertiary/aromatic N) is 4. The second kappa shape index (κ2) is 7.95. The summed E-state index contributed by atoms with van der Waals surface area (Å²) in [6, 6.07) is 4.63. The molecule has 9 nitrogen and oxygen atoms in total. The average Bonchev–Trinajstić information content (AvgIpc) is 3.33. The van der Waals surface area contributed by atoms with Gasteiger partial charge in [-0.25, -0.2) is 13.6 Å². The second-order valence-electron chi connectivity index (χ2n) is 6.37. The maximum Gasteiger partial charge on any atom is 0.238 e. The molecule has 0 bridgehead atoms. The molecular weight excluding hydrogens is 422 g/mol. The SMILES string of the molecule is NS(=O)(=O)c1ccc2c(c1)CCN2C(=O)CSc1nnc(N2CCOCC2)s1. The first-order valence-electron chi connectivity index (χ1n) is 8.67. The van der Waals surface area contributed by atoms with Crippen molar-refractivity contribution >= 4 is 49.8 Å². The number of nitrogens with two attached hydrogens (primary N) is 1. The van der Waals surface area contributed by atoms with Gasteiger partial charge in [0.1, 0.15) is 0 Å². The third-order valence-corrected chi connectivity index (χ3v) is 7.59. The van der Waals surface area contributed by atoms with Crippen LogP contribution in [0.2, 0.25) is 0 Å². The van der Waals surface area contributed by atoms with Crippen LogP contribution in [0.25, 0.3) is 0 Å². The average molecular weight is 442 g/mol. The molecule has 1 aromatic heterocycles. The monoisotopic (exact) mass is 441 g/mol. The van der Waals surface area contributed by atoms with Crippen LogP contribution in [0.4, 0.5) is 10.8 Å². The molecule has 0 unspecified atom stereocenters. The number of ether oxygens (including phenoxy) is 1. The van der Waals surface area contributed by atoms with E-state index in [1.54, 1.807) is 17.0 Å². The van der Waals surface area contributed by atoms with Crippen molar-refractivity contribution in [3.8, 4) is 0 Å². The Morgan fingerprint density at radius 3 is 2.79 bits per heavy atom. The lowest BCUT2D eigenvalue weighted by molar-refractivity contribution is -0.116. The number of amides is 1. The minimum Gasteiger partial charge on any atom is -0.378 e. The van der Waals surface area contributed by atoms with Crippen molar-refractivity contribution < 1.29 is 17.9 Å². The molecule has 0 saturated carbocycles. The van der Waals surface area contributed by atoms with Gasteiger partial charge in [0.15, 0.2) is 4.34 Å². The van der Waals surface area contributed by atoms with Crippen molar-refractivity contribution in [2.45, 2.75) is 15.7 Å². The third-order valence-electron chi connectivity index (χ3n) is 4.57. The predicted octanol–water partition coefficient (Wildman–Crippen LogP) is 0.703. The number of carbonyl (C=O) groups excluding carboxylic acids is 1. The minimum atomic E-state index is -3.75. The highest BCUT2D eigenvalue weighted by atomic mass is 32.2. The van der Waals surface area contributed by atoms with Crippen LogP contribution in [0.5, 0.6) is 0 Å². The van der Waals surface area contributed by atoms with Crippen molar-refractivity contribution in [2.75, 3.05) is 48.4 Å². The Balaban J connectivity index is 1.39. The van der Waals surface area contributed by atoms with E-state index in [9.17, 15) is 13.2 Å². The van der Waals surface area contributed by atoms with Gasteiger partial charge in [0.2, 0.25) is 21.1 Å². The summed E-state index contributed by atoms with van der Waals surface area (Å²) >= 11 is 2.84. The Hall–Kier alpha value is -1.73. The molecule has 0 atom stereocenters. The first-order chi connectivity index (χ1) is 13.4. The number of primary sulfonamides is 1. The summed E-state index contributed by atoms with van der Waals surface area (Å²) in [7, 11) is -3.75. The Bertz CT molecular complexity index is 988. The largest absolute Gasteiger partial charge is 0.378 e. The Morgan fingerprint density at radius 2 is 2.04 bits per heavy atom. The molecule has 2 N–H and O–H groups in total. The lowest BCUT2D eigenvalue weighted by atomic mass is 10.2. The molecule has 3 heterocycles. The van der Waals surface area contributed by atoms with Crippen LogP contribution in [-0.2, 0) is 26.0 Å². The van der Waals surface area contributed by atoms with Gasteiger partial charge in [-0.05, 0) is 30.2 Å². The van der Waals surface area contributed by atoms with Gasteiger partial charge in [-0.3, -0.25) is 4.79 Å². The number of fused-ring (bicyclic) bond motifs is 1. The maximum atomic E-state index is 12.7. The molecular formula is C16H19N5O4S3. The first kappa shape index (κ1) is 19.6. The summed E-state index contributed by atoms with van der Waals surface area (Å²) in [6.07, 6.45) is 0.606. The van der Waals surface area contributed by atoms with Gasteiger partial charge in [-0.15, -0.1) is 10.2 Å². The van der Waals surface area contributed by atoms with E-state index in [4.69, 9.17) is 9.88 Å². The van der Waals surface area contributed by atoms with Crippen LogP contribution in [0.1, 0.15) is 5.56 Å². The topological polar surface area (TPSA) is 119 Å². The summed E-state index contributed by atoms with van der Waals surface area (Å²) in [4.78, 5) is 16.5. The number of hydrogen-bond acceptors (Lipinski definition) is 9. The fourth-order valence-electron chi connectivity index (χ4n) is 3.16. The second-order valence-corrected chi connectivity index (χ2v) is 10.1. The standard InChI is InChI=1S/C16H19N5O4S3/c17-28(23,24)12-1-2-13-11(9-12)3-4-21(13)14(22)10-26-16-19-18-15(27-16)20-5-7-25-8-6-20/h1-2,9H,3-8,10H2,(H2,17,23,24). The molecule has 2 aliphatic heterocycles. The number of thioether (sulfide) groups is 1. The zero-order valence-corrected chi connectivity index (χ0v) is 17.4. The van der Waals surface area contributed by atoms with Gasteiger partial charge in [-0.1, -0.05) is 23.1 Å². The molecule has 1 fully saturated rings. The zero-order valence-electron chi connectivity index (χ0n) is 14.9. The molecule has 1 saturated heterocycles. The van der Waals surface area contributed by atoms with E-state index in [1.807, 2.05) is 0 Å². The molecule has 4 rings (SSSR count). The summed E-state index contributed by atoms with van der Waals surface area (Å²) in [6.45, 7) is 3.48. The molecule has 2 aliphatic rings. The van der Waals surface area contributed by atoms with Gasteiger partial charge in [0.05, 0.1) is 23.9 Å². The van der Waals surface area contributed by atoms with Crippen molar-refractivity contribution in [3.63, 3.8) is 0 Å². The van der Waals surface area contributed by atoms with Crippen molar-refractivity contribution in [3.05, 3.63) is 23.8 Å². The molecule has 150 valence electrons. The summed E-state index contributed by atoms with van der Waals surface area (Å²) in [5.74, 6) is 0.198. The molecule has 0 aliphatic carbocycles.